The smallest absolute Gasteiger partial charge is 0.0621 e. The maximum absolute atomic E-state index is 8.39. The van der Waals surface area contributed by atoms with E-state index in [1.165, 1.54) is 16.7 Å². The van der Waals surface area contributed by atoms with Crippen molar-refractivity contribution >= 4 is 0 Å². The van der Waals surface area contributed by atoms with Crippen LogP contribution in [0.3, 0.4) is 0 Å². The summed E-state index contributed by atoms with van der Waals surface area (Å²) < 4.78 is 0. The van der Waals surface area contributed by atoms with Gasteiger partial charge in [0.2, 0.25) is 0 Å². The summed E-state index contributed by atoms with van der Waals surface area (Å²) in [7, 11) is 0. The molecule has 0 amide bonds. The van der Waals surface area contributed by atoms with Gasteiger partial charge in [-0.2, -0.15) is 5.26 Å². The average molecular weight is 187 g/mol. The lowest BCUT2D eigenvalue weighted by Gasteiger charge is -2.04. The first-order chi connectivity index (χ1) is 6.74. The number of rotatable bonds is 4. The van der Waals surface area contributed by atoms with Crippen molar-refractivity contribution in [1.82, 2.24) is 0 Å². The van der Waals surface area contributed by atoms with Gasteiger partial charge < -0.3 is 0 Å². The largest absolute Gasteiger partial charge is 0.198 e. The lowest BCUT2D eigenvalue weighted by Crippen LogP contribution is -1.88. The third kappa shape index (κ3) is 3.22. The summed E-state index contributed by atoms with van der Waals surface area (Å²) in [4.78, 5) is 0. The number of unbranched alkanes of at least 4 members (excludes halogenated alkanes) is 2. The van der Waals surface area contributed by atoms with Gasteiger partial charge >= 0.3 is 0 Å². The molecule has 1 aromatic carbocycles. The molecule has 0 bridgehead atoms. The van der Waals surface area contributed by atoms with Crippen LogP contribution in [0.15, 0.2) is 18.2 Å². The van der Waals surface area contributed by atoms with Crippen molar-refractivity contribution in [2.45, 2.75) is 39.5 Å². The number of aryl methyl sites for hydroxylation is 3. The Balaban J connectivity index is 2.44. The van der Waals surface area contributed by atoms with Crippen molar-refractivity contribution in [3.05, 3.63) is 34.9 Å². The normalized spacial score (nSPS) is 9.79. The van der Waals surface area contributed by atoms with Gasteiger partial charge in [0.05, 0.1) is 6.07 Å². The highest BCUT2D eigenvalue weighted by Crippen LogP contribution is 2.12. The van der Waals surface area contributed by atoms with Gasteiger partial charge in [-0.1, -0.05) is 18.2 Å². The monoisotopic (exact) mass is 187 g/mol. The van der Waals surface area contributed by atoms with Crippen molar-refractivity contribution in [3.63, 3.8) is 0 Å². The molecule has 0 aliphatic rings. The number of benzene rings is 1. The van der Waals surface area contributed by atoms with Gasteiger partial charge in [-0.3, -0.25) is 0 Å². The Morgan fingerprint density at radius 3 is 2.57 bits per heavy atom. The summed E-state index contributed by atoms with van der Waals surface area (Å²) in [6.45, 7) is 4.28. The van der Waals surface area contributed by atoms with Crippen LogP contribution >= 0.6 is 0 Å². The molecule has 0 aromatic heterocycles. The number of nitrogens with zero attached hydrogens (tertiary/aromatic N) is 1. The Bertz CT molecular complexity index is 334. The van der Waals surface area contributed by atoms with Crippen LogP contribution < -0.4 is 0 Å². The molecule has 74 valence electrons. The van der Waals surface area contributed by atoms with E-state index in [-0.39, 0.29) is 0 Å². The molecule has 0 saturated heterocycles. The Kier molecular flexibility index (Phi) is 4.19. The van der Waals surface area contributed by atoms with E-state index in [1.807, 2.05) is 0 Å². The van der Waals surface area contributed by atoms with Crippen LogP contribution in [0.1, 0.15) is 36.0 Å². The first-order valence-electron chi connectivity index (χ1n) is 5.17. The molecule has 0 heterocycles. The highest BCUT2D eigenvalue weighted by Gasteiger charge is 1.96. The number of hydrogen-bond donors (Lipinski definition) is 0. The fourth-order valence-electron chi connectivity index (χ4n) is 1.49. The Labute approximate surface area is 86.4 Å². The molecule has 1 nitrogen and oxygen atoms in total. The maximum atomic E-state index is 8.39. The van der Waals surface area contributed by atoms with E-state index in [0.29, 0.717) is 6.42 Å². The summed E-state index contributed by atoms with van der Waals surface area (Å²) in [5, 5.41) is 8.39. The zero-order valence-corrected chi connectivity index (χ0v) is 9.01. The molecular weight excluding hydrogens is 170 g/mol. The predicted molar refractivity (Wildman–Crippen MR) is 59.1 cm³/mol. The maximum Gasteiger partial charge on any atom is 0.0621 e. The summed E-state index contributed by atoms with van der Waals surface area (Å²) in [5.74, 6) is 0. The van der Waals surface area contributed by atoms with E-state index in [0.717, 1.165) is 19.3 Å². The van der Waals surface area contributed by atoms with Crippen LogP contribution in [-0.4, -0.2) is 0 Å². The van der Waals surface area contributed by atoms with Crippen molar-refractivity contribution in [3.8, 4) is 6.07 Å². The van der Waals surface area contributed by atoms with Gasteiger partial charge in [0, 0.05) is 6.42 Å². The molecular formula is C13H17N. The second-order valence-corrected chi connectivity index (χ2v) is 3.78. The number of hydrogen-bond acceptors (Lipinski definition) is 1. The molecule has 0 fully saturated rings. The molecule has 0 aliphatic heterocycles. The Morgan fingerprint density at radius 1 is 1.14 bits per heavy atom. The van der Waals surface area contributed by atoms with Crippen molar-refractivity contribution in [1.29, 1.82) is 5.26 Å². The zero-order valence-electron chi connectivity index (χ0n) is 9.01. The summed E-state index contributed by atoms with van der Waals surface area (Å²) in [6.07, 6.45) is 3.92. The van der Waals surface area contributed by atoms with Crippen LogP contribution in [0.4, 0.5) is 0 Å². The van der Waals surface area contributed by atoms with E-state index in [1.54, 1.807) is 0 Å². The molecule has 0 saturated carbocycles. The second-order valence-electron chi connectivity index (χ2n) is 3.78. The molecule has 0 unspecified atom stereocenters. The van der Waals surface area contributed by atoms with Crippen LogP contribution in [0, 0.1) is 25.2 Å². The molecule has 1 aromatic rings. The molecule has 14 heavy (non-hydrogen) atoms. The molecule has 0 spiro atoms. The highest BCUT2D eigenvalue weighted by atomic mass is 14.2. The standard InChI is InChI=1S/C13H17N/c1-11-7-8-13(10-12(11)2)6-4-3-5-9-14/h7-8,10H,3-6H2,1-2H3. The van der Waals surface area contributed by atoms with E-state index in [2.05, 4.69) is 38.1 Å². The van der Waals surface area contributed by atoms with Gasteiger partial charge in [0.1, 0.15) is 0 Å². The summed E-state index contributed by atoms with van der Waals surface area (Å²) >= 11 is 0. The lowest BCUT2D eigenvalue weighted by atomic mass is 10.0. The fourth-order valence-corrected chi connectivity index (χ4v) is 1.49. The van der Waals surface area contributed by atoms with Crippen LogP contribution in [-0.2, 0) is 6.42 Å². The Hall–Kier alpha value is -1.29. The second kappa shape index (κ2) is 5.44. The topological polar surface area (TPSA) is 23.8 Å². The van der Waals surface area contributed by atoms with Gasteiger partial charge in [0.25, 0.3) is 0 Å². The third-order valence-electron chi connectivity index (χ3n) is 2.58. The van der Waals surface area contributed by atoms with Gasteiger partial charge in [-0.25, -0.2) is 0 Å². The molecule has 0 atom stereocenters. The summed E-state index contributed by atoms with van der Waals surface area (Å²) in [5.41, 5.74) is 4.11. The molecule has 0 N–H and O–H groups in total. The predicted octanol–water partition coefficient (Wildman–Crippen LogP) is 3.54. The first-order valence-corrected chi connectivity index (χ1v) is 5.17. The fraction of sp³-hybridized carbons (Fsp3) is 0.462. The van der Waals surface area contributed by atoms with E-state index < -0.39 is 0 Å². The molecule has 1 rings (SSSR count). The minimum atomic E-state index is 0.685. The number of nitriles is 1. The molecule has 0 aliphatic carbocycles. The van der Waals surface area contributed by atoms with Crippen molar-refractivity contribution < 1.29 is 0 Å². The average Bonchev–Trinajstić information content (AvgIpc) is 2.18. The lowest BCUT2D eigenvalue weighted by molar-refractivity contribution is 0.752. The van der Waals surface area contributed by atoms with Crippen molar-refractivity contribution in [2.75, 3.05) is 0 Å². The minimum Gasteiger partial charge on any atom is -0.198 e. The molecule has 1 heteroatoms. The SMILES string of the molecule is Cc1ccc(CCCCC#N)cc1C. The summed E-state index contributed by atoms with van der Waals surface area (Å²) in [6, 6.07) is 8.79. The zero-order chi connectivity index (χ0) is 10.4. The highest BCUT2D eigenvalue weighted by molar-refractivity contribution is 5.29. The van der Waals surface area contributed by atoms with E-state index >= 15 is 0 Å². The van der Waals surface area contributed by atoms with Gasteiger partial charge in [-0.05, 0) is 49.8 Å². The van der Waals surface area contributed by atoms with Crippen LogP contribution in [0.2, 0.25) is 0 Å². The van der Waals surface area contributed by atoms with Gasteiger partial charge in [-0.15, -0.1) is 0 Å². The van der Waals surface area contributed by atoms with E-state index in [4.69, 9.17) is 5.26 Å². The van der Waals surface area contributed by atoms with Crippen LogP contribution in [0.5, 0.6) is 0 Å². The first kappa shape index (κ1) is 10.8. The molecule has 0 radical (unpaired) electrons. The third-order valence-corrected chi connectivity index (χ3v) is 2.58. The van der Waals surface area contributed by atoms with Gasteiger partial charge in [0.15, 0.2) is 0 Å². The van der Waals surface area contributed by atoms with Crippen LogP contribution in [0.25, 0.3) is 0 Å². The van der Waals surface area contributed by atoms with E-state index in [9.17, 15) is 0 Å². The Morgan fingerprint density at radius 2 is 1.93 bits per heavy atom. The minimum absolute atomic E-state index is 0.685. The quantitative estimate of drug-likeness (QED) is 0.661. The van der Waals surface area contributed by atoms with Crippen molar-refractivity contribution in [2.24, 2.45) is 0 Å².